The van der Waals surface area contributed by atoms with Gasteiger partial charge in [0.1, 0.15) is 17.3 Å². The number of nitrogens with zero attached hydrogens (tertiary/aromatic N) is 3. The highest BCUT2D eigenvalue weighted by Crippen LogP contribution is 2.32. The first-order valence-electron chi connectivity index (χ1n) is 8.31. The van der Waals surface area contributed by atoms with Crippen LogP contribution in [-0.2, 0) is 0 Å². The molecule has 1 aromatic heterocycles. The minimum atomic E-state index is -0.0568. The molecule has 0 aliphatic carbocycles. The average molecular weight is 361 g/mol. The van der Waals surface area contributed by atoms with Gasteiger partial charge in [0.25, 0.3) is 5.91 Å². The minimum absolute atomic E-state index is 0.0568. The molecule has 2 aromatic rings. The number of carbonyl (C=O) groups excluding carboxylic acids is 1. The van der Waals surface area contributed by atoms with Crippen molar-refractivity contribution in [3.63, 3.8) is 0 Å². The molecule has 6 nitrogen and oxygen atoms in total. The summed E-state index contributed by atoms with van der Waals surface area (Å²) in [5, 5.41) is 3.79. The van der Waals surface area contributed by atoms with E-state index in [1.165, 1.54) is 12.6 Å². The molecule has 1 aliphatic heterocycles. The van der Waals surface area contributed by atoms with Crippen LogP contribution >= 0.6 is 11.6 Å². The minimum Gasteiger partial charge on any atom is -0.495 e. The van der Waals surface area contributed by atoms with Gasteiger partial charge in [-0.25, -0.2) is 9.97 Å². The van der Waals surface area contributed by atoms with Gasteiger partial charge in [-0.05, 0) is 37.8 Å². The Labute approximate surface area is 152 Å². The van der Waals surface area contributed by atoms with Gasteiger partial charge in [-0.2, -0.15) is 0 Å². The lowest BCUT2D eigenvalue weighted by atomic mass is 10.1. The van der Waals surface area contributed by atoms with Gasteiger partial charge in [-0.1, -0.05) is 11.6 Å². The molecule has 3 rings (SSSR count). The van der Waals surface area contributed by atoms with Crippen molar-refractivity contribution < 1.29 is 9.53 Å². The first-order chi connectivity index (χ1) is 12.1. The highest BCUT2D eigenvalue weighted by atomic mass is 35.5. The number of piperidine rings is 1. The molecule has 132 valence electrons. The highest BCUT2D eigenvalue weighted by Gasteiger charge is 2.19. The normalized spacial score (nSPS) is 14.3. The van der Waals surface area contributed by atoms with E-state index in [4.69, 9.17) is 16.3 Å². The monoisotopic (exact) mass is 360 g/mol. The van der Waals surface area contributed by atoms with Crippen molar-refractivity contribution in [2.45, 2.75) is 26.2 Å². The number of aryl methyl sites for hydroxylation is 1. The Hall–Kier alpha value is -2.34. The Bertz CT molecular complexity index is 758. The van der Waals surface area contributed by atoms with E-state index in [9.17, 15) is 4.79 Å². The second kappa shape index (κ2) is 7.70. The second-order valence-corrected chi connectivity index (χ2v) is 6.47. The Morgan fingerprint density at radius 2 is 1.96 bits per heavy atom. The molecule has 0 spiro atoms. The zero-order valence-electron chi connectivity index (χ0n) is 14.4. The number of benzene rings is 1. The number of hydrogen-bond donors (Lipinski definition) is 1. The Morgan fingerprint density at radius 3 is 2.60 bits per heavy atom. The number of hydrogen-bond acceptors (Lipinski definition) is 5. The molecule has 1 saturated heterocycles. The van der Waals surface area contributed by atoms with Crippen LogP contribution < -0.4 is 10.1 Å². The standard InChI is InChI=1S/C18H21ClN4O2/c1-12-8-14(16(25-2)9-13(12)19)22-17-11-20-15(10-21-17)18(24)23-6-4-3-5-7-23/h8-11H,3-7H2,1-2H3,(H,21,22). The molecular formula is C18H21ClN4O2. The molecule has 1 aromatic carbocycles. The second-order valence-electron chi connectivity index (χ2n) is 6.07. The molecule has 7 heteroatoms. The summed E-state index contributed by atoms with van der Waals surface area (Å²) in [5.74, 6) is 1.10. The van der Waals surface area contributed by atoms with Gasteiger partial charge in [-0.3, -0.25) is 4.79 Å². The summed E-state index contributed by atoms with van der Waals surface area (Å²) < 4.78 is 5.34. The summed E-state index contributed by atoms with van der Waals surface area (Å²) >= 11 is 6.12. The number of rotatable bonds is 4. The molecule has 0 radical (unpaired) electrons. The summed E-state index contributed by atoms with van der Waals surface area (Å²) in [6, 6.07) is 3.64. The van der Waals surface area contributed by atoms with Gasteiger partial charge in [0.2, 0.25) is 0 Å². The Balaban J connectivity index is 1.75. The number of aromatic nitrogens is 2. The maximum Gasteiger partial charge on any atom is 0.274 e. The summed E-state index contributed by atoms with van der Waals surface area (Å²) in [7, 11) is 1.58. The van der Waals surface area contributed by atoms with Crippen LogP contribution in [0.5, 0.6) is 5.75 Å². The largest absolute Gasteiger partial charge is 0.495 e. The number of amides is 1. The SMILES string of the molecule is COc1cc(Cl)c(C)cc1Nc1cnc(C(=O)N2CCCCC2)cn1. The molecule has 0 bridgehead atoms. The zero-order valence-corrected chi connectivity index (χ0v) is 15.1. The van der Waals surface area contributed by atoms with Gasteiger partial charge in [0, 0.05) is 24.2 Å². The average Bonchev–Trinajstić information content (AvgIpc) is 2.65. The van der Waals surface area contributed by atoms with Crippen molar-refractivity contribution in [3.05, 3.63) is 40.8 Å². The smallest absolute Gasteiger partial charge is 0.274 e. The van der Waals surface area contributed by atoms with Crippen molar-refractivity contribution >= 4 is 29.0 Å². The quantitative estimate of drug-likeness (QED) is 0.897. The molecule has 1 N–H and O–H groups in total. The molecule has 1 aliphatic rings. The maximum atomic E-state index is 12.4. The molecule has 0 unspecified atom stereocenters. The predicted octanol–water partition coefficient (Wildman–Crippen LogP) is 3.82. The molecule has 1 fully saturated rings. The molecule has 0 atom stereocenters. The zero-order chi connectivity index (χ0) is 17.8. The van der Waals surface area contributed by atoms with Crippen LogP contribution in [0, 0.1) is 6.92 Å². The number of carbonyl (C=O) groups is 1. The molecule has 25 heavy (non-hydrogen) atoms. The van der Waals surface area contributed by atoms with E-state index in [1.54, 1.807) is 19.4 Å². The van der Waals surface area contributed by atoms with Gasteiger partial charge >= 0.3 is 0 Å². The van der Waals surface area contributed by atoms with Gasteiger partial charge in [0.05, 0.1) is 25.2 Å². The van der Waals surface area contributed by atoms with E-state index in [2.05, 4.69) is 15.3 Å². The Kier molecular flexibility index (Phi) is 5.38. The van der Waals surface area contributed by atoms with Crippen molar-refractivity contribution in [2.24, 2.45) is 0 Å². The van der Waals surface area contributed by atoms with Crippen molar-refractivity contribution in [1.82, 2.24) is 14.9 Å². The molecule has 1 amide bonds. The molecule has 2 heterocycles. The molecular weight excluding hydrogens is 340 g/mol. The van der Waals surface area contributed by atoms with Crippen LogP contribution in [0.1, 0.15) is 35.3 Å². The van der Waals surface area contributed by atoms with Crippen LogP contribution in [-0.4, -0.2) is 41.0 Å². The molecule has 0 saturated carbocycles. The van der Waals surface area contributed by atoms with Crippen LogP contribution in [0.3, 0.4) is 0 Å². The first-order valence-corrected chi connectivity index (χ1v) is 8.69. The summed E-state index contributed by atoms with van der Waals surface area (Å²) in [6.07, 6.45) is 6.35. The predicted molar refractivity (Wildman–Crippen MR) is 97.8 cm³/mol. The highest BCUT2D eigenvalue weighted by molar-refractivity contribution is 6.31. The van der Waals surface area contributed by atoms with Gasteiger partial charge < -0.3 is 15.0 Å². The topological polar surface area (TPSA) is 67.3 Å². The third-order valence-corrected chi connectivity index (χ3v) is 4.66. The Morgan fingerprint density at radius 1 is 1.20 bits per heavy atom. The maximum absolute atomic E-state index is 12.4. The van der Waals surface area contributed by atoms with Crippen LogP contribution in [0.2, 0.25) is 5.02 Å². The first kappa shape index (κ1) is 17.5. The van der Waals surface area contributed by atoms with E-state index in [0.29, 0.717) is 22.3 Å². The van der Waals surface area contributed by atoms with E-state index in [0.717, 1.165) is 37.2 Å². The van der Waals surface area contributed by atoms with E-state index in [1.807, 2.05) is 17.9 Å². The van der Waals surface area contributed by atoms with Crippen molar-refractivity contribution in [2.75, 3.05) is 25.5 Å². The fourth-order valence-electron chi connectivity index (χ4n) is 2.83. The van der Waals surface area contributed by atoms with E-state index >= 15 is 0 Å². The van der Waals surface area contributed by atoms with Gasteiger partial charge in [-0.15, -0.1) is 0 Å². The third-order valence-electron chi connectivity index (χ3n) is 4.26. The summed E-state index contributed by atoms with van der Waals surface area (Å²) in [4.78, 5) is 22.8. The summed E-state index contributed by atoms with van der Waals surface area (Å²) in [5.41, 5.74) is 2.04. The van der Waals surface area contributed by atoms with Crippen LogP contribution in [0.25, 0.3) is 0 Å². The lowest BCUT2D eigenvalue weighted by Crippen LogP contribution is -2.36. The van der Waals surface area contributed by atoms with Crippen molar-refractivity contribution in [1.29, 1.82) is 0 Å². The fraction of sp³-hybridized carbons (Fsp3) is 0.389. The van der Waals surface area contributed by atoms with Gasteiger partial charge in [0.15, 0.2) is 0 Å². The van der Waals surface area contributed by atoms with E-state index < -0.39 is 0 Å². The van der Waals surface area contributed by atoms with Crippen molar-refractivity contribution in [3.8, 4) is 5.75 Å². The number of nitrogens with one attached hydrogen (secondary N) is 1. The number of halogens is 1. The van der Waals surface area contributed by atoms with Crippen LogP contribution in [0.4, 0.5) is 11.5 Å². The van der Waals surface area contributed by atoms with Crippen LogP contribution in [0.15, 0.2) is 24.5 Å². The number of methoxy groups -OCH3 is 1. The lowest BCUT2D eigenvalue weighted by molar-refractivity contribution is 0.0718. The third kappa shape index (κ3) is 4.02. The lowest BCUT2D eigenvalue weighted by Gasteiger charge is -2.26. The number of likely N-dealkylation sites (tertiary alicyclic amines) is 1. The summed E-state index contributed by atoms with van der Waals surface area (Å²) in [6.45, 7) is 3.50. The number of anilines is 2. The number of ether oxygens (including phenoxy) is 1. The fourth-order valence-corrected chi connectivity index (χ4v) is 2.98. The van der Waals surface area contributed by atoms with E-state index in [-0.39, 0.29) is 5.91 Å².